The molecule has 1 aromatic heterocycles. The van der Waals surface area contributed by atoms with E-state index in [0.29, 0.717) is 6.54 Å². The van der Waals surface area contributed by atoms with E-state index in [9.17, 15) is 4.79 Å². The quantitative estimate of drug-likeness (QED) is 0.375. The Morgan fingerprint density at radius 2 is 1.74 bits per heavy atom. The number of anilines is 1. The van der Waals surface area contributed by atoms with Crippen molar-refractivity contribution in [3.63, 3.8) is 0 Å². The van der Waals surface area contributed by atoms with Gasteiger partial charge in [-0.2, -0.15) is 0 Å². The summed E-state index contributed by atoms with van der Waals surface area (Å²) < 4.78 is 5.39. The summed E-state index contributed by atoms with van der Waals surface area (Å²) in [5, 5.41) is 4.47. The van der Waals surface area contributed by atoms with Crippen molar-refractivity contribution in [3.05, 3.63) is 94.7 Å². The van der Waals surface area contributed by atoms with Crippen LogP contribution in [0.4, 0.5) is 10.5 Å². The Morgan fingerprint density at radius 1 is 1.03 bits per heavy atom. The first-order valence-corrected chi connectivity index (χ1v) is 11.9. The molecule has 3 aromatic carbocycles. The van der Waals surface area contributed by atoms with Crippen molar-refractivity contribution in [2.45, 2.75) is 38.1 Å². The number of benzene rings is 3. The van der Waals surface area contributed by atoms with Crippen LogP contribution in [-0.2, 0) is 5.41 Å². The average molecular weight is 452 g/mol. The van der Waals surface area contributed by atoms with E-state index in [-0.39, 0.29) is 17.5 Å². The Bertz CT molecular complexity index is 1380. The molecule has 4 aromatic rings. The Kier molecular flexibility index (Phi) is 4.70. The summed E-state index contributed by atoms with van der Waals surface area (Å²) in [5.74, 6) is 0.807. The lowest BCUT2D eigenvalue weighted by Gasteiger charge is -2.40. The van der Waals surface area contributed by atoms with Gasteiger partial charge < -0.3 is 19.9 Å². The van der Waals surface area contributed by atoms with Crippen molar-refractivity contribution < 1.29 is 9.53 Å². The molecule has 5 nitrogen and oxygen atoms in total. The van der Waals surface area contributed by atoms with Crippen molar-refractivity contribution in [1.82, 2.24) is 9.88 Å². The van der Waals surface area contributed by atoms with Gasteiger partial charge in [-0.3, -0.25) is 0 Å². The minimum atomic E-state index is -0.203. The highest BCUT2D eigenvalue weighted by Crippen LogP contribution is 2.57. The van der Waals surface area contributed by atoms with Crippen LogP contribution in [0, 0.1) is 13.8 Å². The highest BCUT2D eigenvalue weighted by molar-refractivity contribution is 5.92. The number of para-hydroxylation sites is 1. The van der Waals surface area contributed by atoms with Gasteiger partial charge in [0.15, 0.2) is 0 Å². The molecular weight excluding hydrogens is 422 g/mol. The van der Waals surface area contributed by atoms with Crippen molar-refractivity contribution in [3.8, 4) is 5.75 Å². The number of hydrogen-bond donors (Lipinski definition) is 2. The van der Waals surface area contributed by atoms with Crippen LogP contribution < -0.4 is 10.1 Å². The maximum absolute atomic E-state index is 13.8. The van der Waals surface area contributed by atoms with Crippen molar-refractivity contribution >= 4 is 22.6 Å². The maximum Gasteiger partial charge on any atom is 0.322 e. The molecule has 34 heavy (non-hydrogen) atoms. The van der Waals surface area contributed by atoms with Gasteiger partial charge in [0.2, 0.25) is 0 Å². The van der Waals surface area contributed by atoms with E-state index < -0.39 is 0 Å². The number of H-pyrrole nitrogens is 1. The summed E-state index contributed by atoms with van der Waals surface area (Å²) in [6.07, 6.45) is 2.20. The molecule has 2 heterocycles. The highest BCUT2D eigenvalue weighted by atomic mass is 16.5. The fourth-order valence-electron chi connectivity index (χ4n) is 5.71. The number of aromatic nitrogens is 1. The van der Waals surface area contributed by atoms with Crippen LogP contribution in [0.15, 0.2) is 66.7 Å². The number of nitrogens with zero attached hydrogens (tertiary/aromatic N) is 1. The van der Waals surface area contributed by atoms with Crippen LogP contribution in [0.3, 0.4) is 0 Å². The molecule has 1 spiro atoms. The van der Waals surface area contributed by atoms with Crippen LogP contribution >= 0.6 is 0 Å². The van der Waals surface area contributed by atoms with Gasteiger partial charge in [-0.25, -0.2) is 4.79 Å². The first-order chi connectivity index (χ1) is 16.5. The second-order valence-electron chi connectivity index (χ2n) is 9.85. The van der Waals surface area contributed by atoms with Gasteiger partial charge in [0.05, 0.1) is 13.2 Å². The first-order valence-electron chi connectivity index (χ1n) is 11.9. The number of carbonyl (C=O) groups is 1. The van der Waals surface area contributed by atoms with E-state index in [4.69, 9.17) is 4.74 Å². The zero-order chi connectivity index (χ0) is 23.4. The van der Waals surface area contributed by atoms with Crippen molar-refractivity contribution in [2.24, 2.45) is 0 Å². The standard InChI is InChI=1S/C29H29N3O2/c1-18-14-19(2)16-21(15-18)30-28(33)32-17-29(12-13-29)25-23-6-4-5-7-24(23)31-26(25)27(32)20-8-10-22(34-3)11-9-20/h4-11,14-16,27,31H,12-13,17H2,1-3H3,(H,30,33). The lowest BCUT2D eigenvalue weighted by atomic mass is 9.83. The number of amides is 2. The Hall–Kier alpha value is -3.73. The molecule has 2 amide bonds. The highest BCUT2D eigenvalue weighted by Gasteiger charge is 2.54. The third kappa shape index (κ3) is 3.35. The number of carbonyl (C=O) groups excluding carboxylic acids is 1. The number of nitrogens with one attached hydrogen (secondary N) is 2. The Balaban J connectivity index is 1.47. The van der Waals surface area contributed by atoms with Gasteiger partial charge in [0.1, 0.15) is 5.75 Å². The molecule has 1 fully saturated rings. The van der Waals surface area contributed by atoms with Gasteiger partial charge in [0, 0.05) is 34.2 Å². The molecule has 2 N–H and O–H groups in total. The molecule has 172 valence electrons. The minimum absolute atomic E-state index is 0.0256. The van der Waals surface area contributed by atoms with Crippen LogP contribution in [0.1, 0.15) is 46.8 Å². The SMILES string of the molecule is COc1ccc(C2c3[nH]c4ccccc4c3C3(CC3)CN2C(=O)Nc2cc(C)cc(C)c2)cc1. The molecule has 1 unspecified atom stereocenters. The summed E-state index contributed by atoms with van der Waals surface area (Å²) in [6, 6.07) is 22.5. The number of urea groups is 1. The lowest BCUT2D eigenvalue weighted by molar-refractivity contribution is 0.181. The monoisotopic (exact) mass is 451 g/mol. The van der Waals surface area contributed by atoms with E-state index in [1.54, 1.807) is 7.11 Å². The first kappa shape index (κ1) is 20.8. The van der Waals surface area contributed by atoms with E-state index in [0.717, 1.165) is 52.2 Å². The van der Waals surface area contributed by atoms with E-state index in [1.807, 2.05) is 29.2 Å². The largest absolute Gasteiger partial charge is 0.497 e. The maximum atomic E-state index is 13.8. The fraction of sp³-hybridized carbons (Fsp3) is 0.276. The number of fused-ring (bicyclic) bond motifs is 4. The van der Waals surface area contributed by atoms with E-state index in [2.05, 4.69) is 66.6 Å². The number of methoxy groups -OCH3 is 1. The van der Waals surface area contributed by atoms with Crippen LogP contribution in [0.2, 0.25) is 0 Å². The minimum Gasteiger partial charge on any atom is -0.497 e. The van der Waals surface area contributed by atoms with E-state index in [1.165, 1.54) is 10.9 Å². The average Bonchev–Trinajstić information content (AvgIpc) is 3.47. The van der Waals surface area contributed by atoms with Crippen molar-refractivity contribution in [1.29, 1.82) is 0 Å². The van der Waals surface area contributed by atoms with Gasteiger partial charge in [-0.05, 0) is 79.3 Å². The predicted octanol–water partition coefficient (Wildman–Crippen LogP) is 6.46. The molecule has 0 radical (unpaired) electrons. The molecule has 5 heteroatoms. The summed E-state index contributed by atoms with van der Waals surface area (Å²) in [4.78, 5) is 19.5. The summed E-state index contributed by atoms with van der Waals surface area (Å²) in [5.41, 5.74) is 7.86. The molecule has 2 aliphatic rings. The van der Waals surface area contributed by atoms with Gasteiger partial charge >= 0.3 is 6.03 Å². The van der Waals surface area contributed by atoms with Gasteiger partial charge in [-0.1, -0.05) is 36.4 Å². The lowest BCUT2D eigenvalue weighted by Crippen LogP contribution is -2.47. The third-order valence-electron chi connectivity index (χ3n) is 7.34. The molecular formula is C29H29N3O2. The zero-order valence-electron chi connectivity index (χ0n) is 19.8. The van der Waals surface area contributed by atoms with Crippen LogP contribution in [0.5, 0.6) is 5.75 Å². The van der Waals surface area contributed by atoms with Crippen LogP contribution in [-0.4, -0.2) is 29.6 Å². The molecule has 6 rings (SSSR count). The Labute approximate surface area is 199 Å². The predicted molar refractivity (Wildman–Crippen MR) is 136 cm³/mol. The number of aryl methyl sites for hydroxylation is 2. The molecule has 1 atom stereocenters. The fourth-order valence-corrected chi connectivity index (χ4v) is 5.71. The second kappa shape index (κ2) is 7.66. The smallest absolute Gasteiger partial charge is 0.322 e. The number of ether oxygens (including phenoxy) is 1. The van der Waals surface area contributed by atoms with E-state index >= 15 is 0 Å². The number of rotatable bonds is 3. The number of hydrogen-bond acceptors (Lipinski definition) is 2. The summed E-state index contributed by atoms with van der Waals surface area (Å²) in [6.45, 7) is 4.81. The molecule has 0 saturated heterocycles. The van der Waals surface area contributed by atoms with Crippen molar-refractivity contribution in [2.75, 3.05) is 19.0 Å². The molecule has 1 aliphatic heterocycles. The third-order valence-corrected chi connectivity index (χ3v) is 7.34. The normalized spacial score (nSPS) is 18.1. The van der Waals surface area contributed by atoms with Gasteiger partial charge in [-0.15, -0.1) is 0 Å². The summed E-state index contributed by atoms with van der Waals surface area (Å²) in [7, 11) is 1.67. The topological polar surface area (TPSA) is 57.4 Å². The molecule has 0 bridgehead atoms. The summed E-state index contributed by atoms with van der Waals surface area (Å²) >= 11 is 0. The molecule has 1 aliphatic carbocycles. The second-order valence-corrected chi connectivity index (χ2v) is 9.85. The Morgan fingerprint density at radius 3 is 2.41 bits per heavy atom. The van der Waals surface area contributed by atoms with Crippen LogP contribution in [0.25, 0.3) is 10.9 Å². The zero-order valence-corrected chi connectivity index (χ0v) is 19.8. The van der Waals surface area contributed by atoms with Gasteiger partial charge in [0.25, 0.3) is 0 Å². The molecule has 1 saturated carbocycles. The number of aromatic amines is 1.